The van der Waals surface area contributed by atoms with E-state index < -0.39 is 0 Å². The van der Waals surface area contributed by atoms with E-state index in [0.29, 0.717) is 11.5 Å². The van der Waals surface area contributed by atoms with E-state index in [-0.39, 0.29) is 0 Å². The number of hydrogen-bond acceptors (Lipinski definition) is 4. The van der Waals surface area contributed by atoms with Gasteiger partial charge >= 0.3 is 0 Å². The van der Waals surface area contributed by atoms with Crippen LogP contribution < -0.4 is 4.90 Å². The number of aryl methyl sites for hydroxylation is 1. The van der Waals surface area contributed by atoms with Crippen LogP contribution in [-0.4, -0.2) is 28.3 Å². The lowest BCUT2D eigenvalue weighted by atomic mass is 10.0. The van der Waals surface area contributed by atoms with E-state index in [0.717, 1.165) is 47.5 Å². The van der Waals surface area contributed by atoms with Crippen molar-refractivity contribution >= 4 is 16.7 Å². The summed E-state index contributed by atoms with van der Waals surface area (Å²) in [5, 5.41) is 17.8. The summed E-state index contributed by atoms with van der Waals surface area (Å²) in [4.78, 5) is 7.01. The number of hydrogen-bond donors (Lipinski definition) is 1. The first kappa shape index (κ1) is 13.8. The number of nitrogens with one attached hydrogen (secondary N) is 1. The van der Waals surface area contributed by atoms with Crippen molar-refractivity contribution in [2.75, 3.05) is 18.0 Å². The van der Waals surface area contributed by atoms with Crippen LogP contribution in [0.15, 0.2) is 36.5 Å². The van der Waals surface area contributed by atoms with Crippen LogP contribution in [-0.2, 0) is 0 Å². The van der Waals surface area contributed by atoms with Gasteiger partial charge in [-0.15, -0.1) is 0 Å². The number of benzene rings is 1. The molecule has 0 radical (unpaired) electrons. The van der Waals surface area contributed by atoms with E-state index in [4.69, 9.17) is 4.98 Å². The predicted molar refractivity (Wildman–Crippen MR) is 89.4 cm³/mol. The summed E-state index contributed by atoms with van der Waals surface area (Å²) in [5.41, 5.74) is 3.81. The maximum atomic E-state index is 9.64. The molecule has 1 aliphatic heterocycles. The van der Waals surface area contributed by atoms with Crippen molar-refractivity contribution < 1.29 is 0 Å². The van der Waals surface area contributed by atoms with Crippen LogP contribution in [0.5, 0.6) is 0 Å². The summed E-state index contributed by atoms with van der Waals surface area (Å²) in [7, 11) is 0. The minimum absolute atomic E-state index is 0.414. The first-order chi connectivity index (χ1) is 11.3. The average Bonchev–Trinajstić information content (AvgIpc) is 3.26. The monoisotopic (exact) mass is 303 g/mol. The molecular formula is C18H17N5. The zero-order valence-corrected chi connectivity index (χ0v) is 13.0. The van der Waals surface area contributed by atoms with E-state index in [1.165, 1.54) is 0 Å². The van der Waals surface area contributed by atoms with Crippen molar-refractivity contribution in [3.63, 3.8) is 0 Å². The SMILES string of the molecule is Cc1c(C#N)c(N2CCC(c3ccn[nH]3)C2)nc2ccccc12. The normalized spacial score (nSPS) is 17.6. The molecular weight excluding hydrogens is 286 g/mol. The fraction of sp³-hybridized carbons (Fsp3) is 0.278. The Morgan fingerprint density at radius 1 is 1.30 bits per heavy atom. The van der Waals surface area contributed by atoms with Gasteiger partial charge in [0.25, 0.3) is 0 Å². The van der Waals surface area contributed by atoms with Crippen LogP contribution in [0.1, 0.15) is 29.2 Å². The third kappa shape index (κ3) is 2.23. The van der Waals surface area contributed by atoms with Crippen LogP contribution in [0.25, 0.3) is 10.9 Å². The highest BCUT2D eigenvalue weighted by Crippen LogP contribution is 2.33. The van der Waals surface area contributed by atoms with Gasteiger partial charge in [0.1, 0.15) is 11.9 Å². The molecule has 5 nitrogen and oxygen atoms in total. The Kier molecular flexibility index (Phi) is 3.23. The number of aromatic nitrogens is 3. The number of rotatable bonds is 2. The largest absolute Gasteiger partial charge is 0.355 e. The van der Waals surface area contributed by atoms with Gasteiger partial charge in [0.2, 0.25) is 0 Å². The molecule has 0 amide bonds. The van der Waals surface area contributed by atoms with Crippen LogP contribution in [0.3, 0.4) is 0 Å². The third-order valence-corrected chi connectivity index (χ3v) is 4.69. The summed E-state index contributed by atoms with van der Waals surface area (Å²) in [5.74, 6) is 1.23. The Bertz CT molecular complexity index is 892. The van der Waals surface area contributed by atoms with Crippen LogP contribution in [0.2, 0.25) is 0 Å². The second-order valence-corrected chi connectivity index (χ2v) is 6.01. The van der Waals surface area contributed by atoms with E-state index >= 15 is 0 Å². The fourth-order valence-corrected chi connectivity index (χ4v) is 3.42. The second kappa shape index (κ2) is 5.40. The van der Waals surface area contributed by atoms with E-state index in [9.17, 15) is 5.26 Å². The molecule has 114 valence electrons. The minimum atomic E-state index is 0.414. The summed E-state index contributed by atoms with van der Waals surface area (Å²) in [6, 6.07) is 12.4. The molecule has 0 bridgehead atoms. The standard InChI is InChI=1S/C18H17N5/c1-12-14-4-2-3-5-17(14)21-18(15(12)10-19)23-9-7-13(11-23)16-6-8-20-22-16/h2-6,8,13H,7,9,11H2,1H3,(H,20,22). The first-order valence-electron chi connectivity index (χ1n) is 7.81. The molecule has 3 heterocycles. The third-order valence-electron chi connectivity index (χ3n) is 4.69. The minimum Gasteiger partial charge on any atom is -0.355 e. The first-order valence-corrected chi connectivity index (χ1v) is 7.81. The number of aromatic amines is 1. The molecule has 1 aliphatic rings. The van der Waals surface area contributed by atoms with Gasteiger partial charge in [0, 0.05) is 36.3 Å². The van der Waals surface area contributed by atoms with E-state index in [2.05, 4.69) is 21.2 Å². The molecule has 5 heteroatoms. The van der Waals surface area contributed by atoms with Gasteiger partial charge < -0.3 is 4.90 Å². The van der Waals surface area contributed by atoms with Crippen molar-refractivity contribution in [3.8, 4) is 6.07 Å². The van der Waals surface area contributed by atoms with Crippen molar-refractivity contribution in [2.45, 2.75) is 19.3 Å². The number of pyridine rings is 1. The summed E-state index contributed by atoms with van der Waals surface area (Å²) < 4.78 is 0. The maximum Gasteiger partial charge on any atom is 0.147 e. The van der Waals surface area contributed by atoms with Crippen LogP contribution in [0.4, 0.5) is 5.82 Å². The Morgan fingerprint density at radius 3 is 2.96 bits per heavy atom. The number of nitrogens with zero attached hydrogens (tertiary/aromatic N) is 4. The molecule has 1 saturated heterocycles. The topological polar surface area (TPSA) is 68.6 Å². The van der Waals surface area contributed by atoms with Crippen molar-refractivity contribution in [3.05, 3.63) is 53.3 Å². The summed E-state index contributed by atoms with van der Waals surface area (Å²) in [6.07, 6.45) is 2.83. The molecule has 23 heavy (non-hydrogen) atoms. The Hall–Kier alpha value is -2.87. The van der Waals surface area contributed by atoms with Crippen LogP contribution >= 0.6 is 0 Å². The highest BCUT2D eigenvalue weighted by atomic mass is 15.2. The lowest BCUT2D eigenvalue weighted by Crippen LogP contribution is -2.22. The van der Waals surface area contributed by atoms with Gasteiger partial charge in [-0.3, -0.25) is 5.10 Å². The average molecular weight is 303 g/mol. The zero-order chi connectivity index (χ0) is 15.8. The number of para-hydroxylation sites is 1. The molecule has 2 aromatic heterocycles. The number of H-pyrrole nitrogens is 1. The second-order valence-electron chi connectivity index (χ2n) is 6.01. The quantitative estimate of drug-likeness (QED) is 0.789. The van der Waals surface area contributed by atoms with Gasteiger partial charge in [0.05, 0.1) is 11.1 Å². The highest BCUT2D eigenvalue weighted by molar-refractivity contribution is 5.87. The molecule has 3 aromatic rings. The number of anilines is 1. The van der Waals surface area contributed by atoms with Gasteiger partial charge in [0.15, 0.2) is 0 Å². The lowest BCUT2D eigenvalue weighted by Gasteiger charge is -2.20. The van der Waals surface area contributed by atoms with Gasteiger partial charge in [-0.05, 0) is 31.0 Å². The molecule has 4 rings (SSSR count). The Morgan fingerprint density at radius 2 is 2.17 bits per heavy atom. The summed E-state index contributed by atoms with van der Waals surface area (Å²) >= 11 is 0. The Balaban J connectivity index is 1.76. The van der Waals surface area contributed by atoms with Gasteiger partial charge in [-0.25, -0.2) is 4.98 Å². The Labute approximate surface area is 134 Å². The maximum absolute atomic E-state index is 9.64. The molecule has 1 fully saturated rings. The van der Waals surface area contributed by atoms with Crippen LogP contribution in [0, 0.1) is 18.3 Å². The van der Waals surface area contributed by atoms with E-state index in [1.54, 1.807) is 6.20 Å². The predicted octanol–water partition coefficient (Wildman–Crippen LogP) is 3.13. The molecule has 1 unspecified atom stereocenters. The number of fused-ring (bicyclic) bond motifs is 1. The molecule has 1 atom stereocenters. The molecule has 1 N–H and O–H groups in total. The van der Waals surface area contributed by atoms with Gasteiger partial charge in [-0.2, -0.15) is 10.4 Å². The van der Waals surface area contributed by atoms with Gasteiger partial charge in [-0.1, -0.05) is 18.2 Å². The molecule has 0 spiro atoms. The highest BCUT2D eigenvalue weighted by Gasteiger charge is 2.28. The number of nitriles is 1. The van der Waals surface area contributed by atoms with Crippen molar-refractivity contribution in [1.29, 1.82) is 5.26 Å². The summed E-state index contributed by atoms with van der Waals surface area (Å²) in [6.45, 7) is 3.78. The van der Waals surface area contributed by atoms with Crippen molar-refractivity contribution in [1.82, 2.24) is 15.2 Å². The lowest BCUT2D eigenvalue weighted by molar-refractivity contribution is 0.737. The van der Waals surface area contributed by atoms with Crippen molar-refractivity contribution in [2.24, 2.45) is 0 Å². The zero-order valence-electron chi connectivity index (χ0n) is 13.0. The van der Waals surface area contributed by atoms with E-state index in [1.807, 2.05) is 37.3 Å². The fourth-order valence-electron chi connectivity index (χ4n) is 3.42. The molecule has 0 aliphatic carbocycles. The smallest absolute Gasteiger partial charge is 0.147 e. The molecule has 1 aromatic carbocycles. The molecule has 0 saturated carbocycles.